The number of hydrogen-bond donors (Lipinski definition) is 1. The SMILES string of the molecule is CCOc1ccc(C(N(C)C)C2(CO)COC2)cc1. The molecule has 1 atom stereocenters. The summed E-state index contributed by atoms with van der Waals surface area (Å²) in [6.45, 7) is 4.01. The molecule has 0 aromatic heterocycles. The summed E-state index contributed by atoms with van der Waals surface area (Å²) >= 11 is 0. The number of aliphatic hydroxyl groups excluding tert-OH is 1. The summed E-state index contributed by atoms with van der Waals surface area (Å²) in [4.78, 5) is 2.15. The molecule has 1 aliphatic rings. The summed E-state index contributed by atoms with van der Waals surface area (Å²) in [6, 6.07) is 8.28. The molecule has 1 aromatic rings. The average Bonchev–Trinajstić information content (AvgIpc) is 2.35. The van der Waals surface area contributed by atoms with Crippen molar-refractivity contribution < 1.29 is 14.6 Å². The number of nitrogens with zero attached hydrogens (tertiary/aromatic N) is 1. The third-order valence-corrected chi connectivity index (χ3v) is 3.70. The summed E-state index contributed by atoms with van der Waals surface area (Å²) in [5.41, 5.74) is 1.00. The molecule has 0 saturated carbocycles. The van der Waals surface area contributed by atoms with Crippen LogP contribution in [0.4, 0.5) is 0 Å². The van der Waals surface area contributed by atoms with E-state index in [1.807, 2.05) is 33.2 Å². The van der Waals surface area contributed by atoms with Crippen molar-refractivity contribution in [1.29, 1.82) is 0 Å². The minimum absolute atomic E-state index is 0.142. The van der Waals surface area contributed by atoms with Crippen molar-refractivity contribution in [3.8, 4) is 5.75 Å². The van der Waals surface area contributed by atoms with Crippen LogP contribution in [0.25, 0.3) is 0 Å². The molecular formula is C15H23NO3. The van der Waals surface area contributed by atoms with Crippen molar-refractivity contribution in [3.63, 3.8) is 0 Å². The number of rotatable bonds is 6. The molecule has 0 spiro atoms. The average molecular weight is 265 g/mol. The van der Waals surface area contributed by atoms with Crippen molar-refractivity contribution in [2.24, 2.45) is 5.41 Å². The van der Waals surface area contributed by atoms with E-state index < -0.39 is 0 Å². The maximum Gasteiger partial charge on any atom is 0.119 e. The van der Waals surface area contributed by atoms with Crippen molar-refractivity contribution in [1.82, 2.24) is 4.90 Å². The van der Waals surface area contributed by atoms with Crippen LogP contribution in [0.15, 0.2) is 24.3 Å². The number of hydrogen-bond acceptors (Lipinski definition) is 4. The Balaban J connectivity index is 2.24. The van der Waals surface area contributed by atoms with E-state index in [0.717, 1.165) is 5.75 Å². The first-order valence-corrected chi connectivity index (χ1v) is 6.71. The normalized spacial score (nSPS) is 19.0. The van der Waals surface area contributed by atoms with Crippen LogP contribution in [0.2, 0.25) is 0 Å². The monoisotopic (exact) mass is 265 g/mol. The van der Waals surface area contributed by atoms with E-state index in [9.17, 15) is 5.11 Å². The van der Waals surface area contributed by atoms with Gasteiger partial charge in [-0.2, -0.15) is 0 Å². The van der Waals surface area contributed by atoms with Gasteiger partial charge in [0.25, 0.3) is 0 Å². The molecule has 0 amide bonds. The maximum atomic E-state index is 9.72. The zero-order chi connectivity index (χ0) is 13.9. The predicted octanol–water partition coefficient (Wildman–Crippen LogP) is 1.70. The van der Waals surface area contributed by atoms with Gasteiger partial charge < -0.3 is 19.5 Å². The second kappa shape index (κ2) is 5.90. The largest absolute Gasteiger partial charge is 0.494 e. The highest BCUT2D eigenvalue weighted by Gasteiger charge is 2.47. The fraction of sp³-hybridized carbons (Fsp3) is 0.600. The van der Waals surface area contributed by atoms with E-state index in [1.165, 1.54) is 5.56 Å². The lowest BCUT2D eigenvalue weighted by Crippen LogP contribution is -2.53. The fourth-order valence-corrected chi connectivity index (χ4v) is 2.81. The van der Waals surface area contributed by atoms with Gasteiger partial charge in [-0.25, -0.2) is 0 Å². The summed E-state index contributed by atoms with van der Waals surface area (Å²) < 4.78 is 10.8. The zero-order valence-electron chi connectivity index (χ0n) is 11.9. The fourth-order valence-electron chi connectivity index (χ4n) is 2.81. The Labute approximate surface area is 114 Å². The molecule has 1 N–H and O–H groups in total. The Morgan fingerprint density at radius 2 is 1.95 bits per heavy atom. The number of ether oxygens (including phenoxy) is 2. The first kappa shape index (κ1) is 14.3. The van der Waals surface area contributed by atoms with Gasteiger partial charge in [0.05, 0.1) is 31.8 Å². The molecule has 1 aromatic carbocycles. The molecule has 19 heavy (non-hydrogen) atoms. The molecule has 4 heteroatoms. The molecule has 1 fully saturated rings. The summed E-state index contributed by atoms with van der Waals surface area (Å²) in [5, 5.41) is 9.72. The number of aliphatic hydroxyl groups is 1. The molecule has 0 aliphatic carbocycles. The lowest BCUT2D eigenvalue weighted by atomic mass is 9.75. The van der Waals surface area contributed by atoms with E-state index in [-0.39, 0.29) is 18.1 Å². The Bertz CT molecular complexity index is 393. The molecule has 1 saturated heterocycles. The molecule has 4 nitrogen and oxygen atoms in total. The molecule has 2 rings (SSSR count). The lowest BCUT2D eigenvalue weighted by molar-refractivity contribution is -0.172. The van der Waals surface area contributed by atoms with E-state index in [0.29, 0.717) is 19.8 Å². The van der Waals surface area contributed by atoms with E-state index >= 15 is 0 Å². The van der Waals surface area contributed by atoms with Crippen molar-refractivity contribution >= 4 is 0 Å². The highest BCUT2D eigenvalue weighted by molar-refractivity contribution is 5.31. The minimum atomic E-state index is -0.184. The van der Waals surface area contributed by atoms with Gasteiger partial charge >= 0.3 is 0 Å². The first-order valence-electron chi connectivity index (χ1n) is 6.71. The third-order valence-electron chi connectivity index (χ3n) is 3.70. The summed E-state index contributed by atoms with van der Waals surface area (Å²) in [7, 11) is 4.08. The number of benzene rings is 1. The second-order valence-corrected chi connectivity index (χ2v) is 5.38. The van der Waals surface area contributed by atoms with Gasteiger partial charge in [-0.3, -0.25) is 0 Å². The quantitative estimate of drug-likeness (QED) is 0.850. The topological polar surface area (TPSA) is 41.9 Å². The van der Waals surface area contributed by atoms with Crippen LogP contribution in [0.1, 0.15) is 18.5 Å². The van der Waals surface area contributed by atoms with Crippen LogP contribution in [0, 0.1) is 5.41 Å². The molecule has 1 heterocycles. The lowest BCUT2D eigenvalue weighted by Gasteiger charge is -2.48. The third kappa shape index (κ3) is 2.76. The van der Waals surface area contributed by atoms with Crippen LogP contribution in [-0.4, -0.2) is 50.5 Å². The standard InChI is InChI=1S/C15H23NO3/c1-4-19-13-7-5-12(6-8-13)14(16(2)3)15(9-17)10-18-11-15/h5-8,14,17H,4,9-11H2,1-3H3. The van der Waals surface area contributed by atoms with Gasteiger partial charge in [-0.05, 0) is 38.7 Å². The van der Waals surface area contributed by atoms with Crippen LogP contribution in [0.3, 0.4) is 0 Å². The highest BCUT2D eigenvalue weighted by Crippen LogP contribution is 2.43. The van der Waals surface area contributed by atoms with Crippen LogP contribution < -0.4 is 4.74 Å². The van der Waals surface area contributed by atoms with Gasteiger partial charge in [-0.15, -0.1) is 0 Å². The van der Waals surface area contributed by atoms with E-state index in [2.05, 4.69) is 17.0 Å². The Morgan fingerprint density at radius 1 is 1.32 bits per heavy atom. The van der Waals surface area contributed by atoms with Gasteiger partial charge in [-0.1, -0.05) is 12.1 Å². The van der Waals surface area contributed by atoms with Gasteiger partial charge in [0.2, 0.25) is 0 Å². The molecule has 1 unspecified atom stereocenters. The summed E-state index contributed by atoms with van der Waals surface area (Å²) in [6.07, 6.45) is 0. The maximum absolute atomic E-state index is 9.72. The van der Waals surface area contributed by atoms with Crippen molar-refractivity contribution in [2.75, 3.05) is 40.5 Å². The van der Waals surface area contributed by atoms with Gasteiger partial charge in [0.15, 0.2) is 0 Å². The minimum Gasteiger partial charge on any atom is -0.494 e. The van der Waals surface area contributed by atoms with Crippen molar-refractivity contribution in [2.45, 2.75) is 13.0 Å². The molecule has 0 radical (unpaired) electrons. The van der Waals surface area contributed by atoms with E-state index in [1.54, 1.807) is 0 Å². The first-order chi connectivity index (χ1) is 9.13. The summed E-state index contributed by atoms with van der Waals surface area (Å²) in [5.74, 6) is 0.881. The Hall–Kier alpha value is -1.10. The molecular weight excluding hydrogens is 242 g/mol. The van der Waals surface area contributed by atoms with Crippen molar-refractivity contribution in [3.05, 3.63) is 29.8 Å². The second-order valence-electron chi connectivity index (χ2n) is 5.38. The predicted molar refractivity (Wildman–Crippen MR) is 74.4 cm³/mol. The van der Waals surface area contributed by atoms with Gasteiger partial charge in [0.1, 0.15) is 5.75 Å². The van der Waals surface area contributed by atoms with Gasteiger partial charge in [0, 0.05) is 6.04 Å². The Morgan fingerprint density at radius 3 is 2.32 bits per heavy atom. The van der Waals surface area contributed by atoms with E-state index in [4.69, 9.17) is 9.47 Å². The Kier molecular flexibility index (Phi) is 4.45. The zero-order valence-corrected chi connectivity index (χ0v) is 11.9. The van der Waals surface area contributed by atoms with Crippen LogP contribution in [-0.2, 0) is 4.74 Å². The molecule has 106 valence electrons. The van der Waals surface area contributed by atoms with Crippen LogP contribution in [0.5, 0.6) is 5.75 Å². The highest BCUT2D eigenvalue weighted by atomic mass is 16.5. The molecule has 1 aliphatic heterocycles. The van der Waals surface area contributed by atoms with Crippen LogP contribution >= 0.6 is 0 Å². The smallest absolute Gasteiger partial charge is 0.119 e. The molecule has 0 bridgehead atoms.